The first kappa shape index (κ1) is 11.9. The quantitative estimate of drug-likeness (QED) is 0.690. The van der Waals surface area contributed by atoms with Crippen LogP contribution in [0.2, 0.25) is 19.6 Å². The monoisotopic (exact) mass is 238 g/mol. The lowest BCUT2D eigenvalue weighted by atomic mass is 9.49. The summed E-state index contributed by atoms with van der Waals surface area (Å²) in [6.45, 7) is 10.7. The minimum absolute atomic E-state index is 0.0459. The third-order valence-corrected chi connectivity index (χ3v) is 4.90. The number of allylic oxidation sites excluding steroid dienone is 1. The van der Waals surface area contributed by atoms with E-state index in [0.29, 0.717) is 11.3 Å². The minimum Gasteiger partial charge on any atom is -0.517 e. The summed E-state index contributed by atoms with van der Waals surface area (Å²) >= 11 is 0. The van der Waals surface area contributed by atoms with Crippen molar-refractivity contribution in [2.75, 3.05) is 0 Å². The van der Waals surface area contributed by atoms with E-state index in [9.17, 15) is 4.79 Å². The van der Waals surface area contributed by atoms with Crippen LogP contribution in [0.25, 0.3) is 0 Å². The zero-order valence-corrected chi connectivity index (χ0v) is 12.0. The van der Waals surface area contributed by atoms with Gasteiger partial charge in [0.05, 0.1) is 0 Å². The third kappa shape index (κ3) is 1.86. The lowest BCUT2D eigenvalue weighted by Gasteiger charge is -2.55. The first-order valence-corrected chi connectivity index (χ1v) is 9.56. The molecular weight excluding hydrogens is 216 g/mol. The molecule has 0 spiro atoms. The molecule has 0 aliphatic heterocycles. The van der Waals surface area contributed by atoms with Crippen molar-refractivity contribution < 1.29 is 9.22 Å². The van der Waals surface area contributed by atoms with Crippen molar-refractivity contribution in [3.8, 4) is 0 Å². The van der Waals surface area contributed by atoms with Crippen LogP contribution < -0.4 is 0 Å². The van der Waals surface area contributed by atoms with Gasteiger partial charge in [-0.25, -0.2) is 4.79 Å². The first-order valence-electron chi connectivity index (χ1n) is 6.15. The second-order valence-corrected chi connectivity index (χ2v) is 11.1. The molecule has 1 fully saturated rings. The van der Waals surface area contributed by atoms with Crippen LogP contribution in [0, 0.1) is 17.3 Å². The molecule has 2 unspecified atom stereocenters. The van der Waals surface area contributed by atoms with E-state index >= 15 is 0 Å². The second-order valence-electron chi connectivity index (χ2n) is 6.70. The molecule has 3 heteroatoms. The highest BCUT2D eigenvalue weighted by molar-refractivity contribution is 6.71. The van der Waals surface area contributed by atoms with Crippen LogP contribution in [0.3, 0.4) is 0 Å². The van der Waals surface area contributed by atoms with Gasteiger partial charge in [0.15, 0.2) is 0 Å². The first-order chi connectivity index (χ1) is 7.22. The largest absolute Gasteiger partial charge is 0.517 e. The molecule has 2 nitrogen and oxygen atoms in total. The fourth-order valence-corrected chi connectivity index (χ4v) is 3.59. The fraction of sp³-hybridized carbons (Fsp3) is 0.769. The van der Waals surface area contributed by atoms with Gasteiger partial charge in [0, 0.05) is 5.57 Å². The van der Waals surface area contributed by atoms with E-state index in [4.69, 9.17) is 4.43 Å². The van der Waals surface area contributed by atoms with Gasteiger partial charge in [-0.2, -0.15) is 0 Å². The number of fused-ring (bicyclic) bond motifs is 1. The predicted molar refractivity (Wildman–Crippen MR) is 67.5 cm³/mol. The highest BCUT2D eigenvalue weighted by Gasteiger charge is 2.53. The molecule has 0 amide bonds. The van der Waals surface area contributed by atoms with Crippen LogP contribution in [0.1, 0.15) is 26.7 Å². The molecular formula is C13H22O2Si. The number of hydrogen-bond acceptors (Lipinski definition) is 2. The maximum absolute atomic E-state index is 12.1. The van der Waals surface area contributed by atoms with Gasteiger partial charge in [0.25, 0.3) is 0 Å². The van der Waals surface area contributed by atoms with Crippen LogP contribution in [0.15, 0.2) is 11.6 Å². The molecule has 0 N–H and O–H groups in total. The Kier molecular flexibility index (Phi) is 2.57. The Labute approximate surface area is 99.2 Å². The molecule has 1 saturated carbocycles. The minimum atomic E-state index is -1.75. The Bertz CT molecular complexity index is 349. The van der Waals surface area contributed by atoms with E-state index in [2.05, 4.69) is 39.6 Å². The average molecular weight is 238 g/mol. The van der Waals surface area contributed by atoms with Crippen molar-refractivity contribution in [2.45, 2.75) is 46.3 Å². The average Bonchev–Trinajstić information content (AvgIpc) is 2.15. The summed E-state index contributed by atoms with van der Waals surface area (Å²) in [5, 5.41) is 0. The van der Waals surface area contributed by atoms with Crippen LogP contribution >= 0.6 is 0 Å². The molecule has 0 aromatic heterocycles. The zero-order chi connectivity index (χ0) is 12.1. The lowest BCUT2D eigenvalue weighted by Crippen LogP contribution is -2.50. The standard InChI is InChI=1S/C13H22O2Si/c1-13(2)9-6-7-10(11(13)8-9)12(14)15-16(3,4)5/h7,9,11H,6,8H2,1-5H3. The van der Waals surface area contributed by atoms with E-state index in [-0.39, 0.29) is 5.97 Å². The number of carbonyl (C=O) groups excluding carboxylic acids is 1. The molecule has 3 rings (SSSR count). The van der Waals surface area contributed by atoms with Gasteiger partial charge in [-0.15, -0.1) is 0 Å². The van der Waals surface area contributed by atoms with Crippen LogP contribution in [-0.4, -0.2) is 14.3 Å². The number of hydrogen-bond donors (Lipinski definition) is 0. The van der Waals surface area contributed by atoms with Gasteiger partial charge in [0.1, 0.15) is 0 Å². The van der Waals surface area contributed by atoms with E-state index < -0.39 is 8.32 Å². The summed E-state index contributed by atoms with van der Waals surface area (Å²) in [7, 11) is -1.75. The van der Waals surface area contributed by atoms with Crippen LogP contribution in [-0.2, 0) is 9.22 Å². The molecule has 0 aromatic carbocycles. The molecule has 0 saturated heterocycles. The molecule has 3 aliphatic rings. The molecule has 2 bridgehead atoms. The Morgan fingerprint density at radius 1 is 1.44 bits per heavy atom. The van der Waals surface area contributed by atoms with Gasteiger partial charge in [0.2, 0.25) is 8.32 Å². The summed E-state index contributed by atoms with van der Waals surface area (Å²) in [6.07, 6.45) is 4.35. The van der Waals surface area contributed by atoms with E-state index in [1.54, 1.807) is 0 Å². The molecule has 2 atom stereocenters. The van der Waals surface area contributed by atoms with Crippen LogP contribution in [0.5, 0.6) is 0 Å². The van der Waals surface area contributed by atoms with Gasteiger partial charge >= 0.3 is 5.97 Å². The van der Waals surface area contributed by atoms with E-state index in [0.717, 1.165) is 17.9 Å². The van der Waals surface area contributed by atoms with Gasteiger partial charge < -0.3 is 4.43 Å². The van der Waals surface area contributed by atoms with Crippen LogP contribution in [0.4, 0.5) is 0 Å². The highest BCUT2D eigenvalue weighted by atomic mass is 28.4. The molecule has 0 heterocycles. The van der Waals surface area contributed by atoms with E-state index in [1.165, 1.54) is 6.42 Å². The summed E-state index contributed by atoms with van der Waals surface area (Å²) < 4.78 is 5.60. The maximum Gasteiger partial charge on any atom is 0.320 e. The summed E-state index contributed by atoms with van der Waals surface area (Å²) in [5.74, 6) is 1.17. The predicted octanol–water partition coefficient (Wildman–Crippen LogP) is 3.36. The Balaban J connectivity index is 2.12. The lowest BCUT2D eigenvalue weighted by molar-refractivity contribution is -0.134. The zero-order valence-electron chi connectivity index (χ0n) is 11.0. The smallest absolute Gasteiger partial charge is 0.320 e. The van der Waals surface area contributed by atoms with Crippen molar-refractivity contribution in [1.82, 2.24) is 0 Å². The van der Waals surface area contributed by atoms with Crippen molar-refractivity contribution in [1.29, 1.82) is 0 Å². The number of rotatable bonds is 2. The highest BCUT2D eigenvalue weighted by Crippen LogP contribution is 2.59. The van der Waals surface area contributed by atoms with Crippen molar-refractivity contribution >= 4 is 14.3 Å². The Hall–Kier alpha value is -0.573. The topological polar surface area (TPSA) is 26.3 Å². The van der Waals surface area contributed by atoms with Crippen molar-refractivity contribution in [3.05, 3.63) is 11.6 Å². The van der Waals surface area contributed by atoms with Gasteiger partial charge in [-0.3, -0.25) is 0 Å². The van der Waals surface area contributed by atoms with E-state index in [1.807, 2.05) is 0 Å². The summed E-state index contributed by atoms with van der Waals surface area (Å²) in [4.78, 5) is 12.1. The molecule has 0 aromatic rings. The summed E-state index contributed by atoms with van der Waals surface area (Å²) in [6, 6.07) is 0. The van der Waals surface area contributed by atoms with Crippen molar-refractivity contribution in [3.63, 3.8) is 0 Å². The molecule has 16 heavy (non-hydrogen) atoms. The fourth-order valence-electron chi connectivity index (χ4n) is 2.92. The molecule has 90 valence electrons. The maximum atomic E-state index is 12.1. The Morgan fingerprint density at radius 2 is 2.06 bits per heavy atom. The Morgan fingerprint density at radius 3 is 2.50 bits per heavy atom. The third-order valence-electron chi connectivity index (χ3n) is 4.10. The second kappa shape index (κ2) is 3.46. The molecule has 3 aliphatic carbocycles. The number of carbonyl (C=O) groups is 1. The SMILES string of the molecule is CC1(C)C2CC=C(C(=O)O[Si](C)(C)C)C1C2. The summed E-state index contributed by atoms with van der Waals surface area (Å²) in [5.41, 5.74) is 1.26. The van der Waals surface area contributed by atoms with Crippen molar-refractivity contribution in [2.24, 2.45) is 17.3 Å². The van der Waals surface area contributed by atoms with Gasteiger partial charge in [-0.05, 0) is 49.7 Å². The molecule has 0 radical (unpaired) electrons. The van der Waals surface area contributed by atoms with Gasteiger partial charge in [-0.1, -0.05) is 19.9 Å². The normalized spacial score (nSPS) is 31.4.